The molecule has 0 saturated carbocycles. The first-order valence-electron chi connectivity index (χ1n) is 8.73. The van der Waals surface area contributed by atoms with Crippen LogP contribution in [0, 0.1) is 0 Å². The minimum atomic E-state index is 0.235. The quantitative estimate of drug-likeness (QED) is 0.472. The number of hydrogen-bond acceptors (Lipinski definition) is 3. The third kappa shape index (κ3) is 12.8. The lowest BCUT2D eigenvalue weighted by Gasteiger charge is -2.23. The Balaban J connectivity index is 3.98. The molecule has 4 heteroatoms. The second-order valence-corrected chi connectivity index (χ2v) is 5.67. The molecule has 21 heavy (non-hydrogen) atoms. The van der Waals surface area contributed by atoms with E-state index in [1.165, 1.54) is 38.5 Å². The van der Waals surface area contributed by atoms with Crippen LogP contribution in [-0.2, 0) is 9.53 Å². The molecule has 0 aromatic heterocycles. The van der Waals surface area contributed by atoms with Gasteiger partial charge in [-0.1, -0.05) is 52.4 Å². The maximum atomic E-state index is 12.3. The van der Waals surface area contributed by atoms with E-state index in [9.17, 15) is 4.79 Å². The lowest BCUT2D eigenvalue weighted by molar-refractivity contribution is -0.130. The number of hydrogen-bond donors (Lipinski definition) is 1. The second-order valence-electron chi connectivity index (χ2n) is 5.67. The van der Waals surface area contributed by atoms with Gasteiger partial charge in [0.05, 0.1) is 13.2 Å². The van der Waals surface area contributed by atoms with Crippen LogP contribution in [0.3, 0.4) is 0 Å². The van der Waals surface area contributed by atoms with Crippen LogP contribution in [0.1, 0.15) is 65.2 Å². The molecule has 0 saturated heterocycles. The van der Waals surface area contributed by atoms with Crippen molar-refractivity contribution in [3.63, 3.8) is 0 Å². The number of unbranched alkanes of at least 4 members (excludes halogenated alkanes) is 6. The zero-order chi connectivity index (χ0) is 15.8. The smallest absolute Gasteiger partial charge is 0.236 e. The Morgan fingerprint density at radius 2 is 1.52 bits per heavy atom. The summed E-state index contributed by atoms with van der Waals surface area (Å²) in [6, 6.07) is 0. The minimum Gasteiger partial charge on any atom is -0.383 e. The number of carbonyl (C=O) groups excluding carboxylic acids is 1. The number of amides is 1. The molecule has 4 nitrogen and oxygen atoms in total. The summed E-state index contributed by atoms with van der Waals surface area (Å²) in [5.41, 5.74) is 0. The van der Waals surface area contributed by atoms with Crippen molar-refractivity contribution in [3.05, 3.63) is 0 Å². The number of nitrogens with zero attached hydrogens (tertiary/aromatic N) is 1. The van der Waals surface area contributed by atoms with Crippen molar-refractivity contribution < 1.29 is 9.53 Å². The van der Waals surface area contributed by atoms with Gasteiger partial charge in [0.25, 0.3) is 0 Å². The third-order valence-corrected chi connectivity index (χ3v) is 3.68. The minimum absolute atomic E-state index is 0.235. The van der Waals surface area contributed by atoms with Crippen LogP contribution in [-0.4, -0.2) is 50.7 Å². The predicted octanol–water partition coefficient (Wildman–Crippen LogP) is 3.21. The van der Waals surface area contributed by atoms with Crippen LogP contribution in [0.25, 0.3) is 0 Å². The SMILES string of the molecule is CCCCCCN(CCCCCC)C(=O)CNCCOC. The van der Waals surface area contributed by atoms with Gasteiger partial charge in [0.2, 0.25) is 5.91 Å². The highest BCUT2D eigenvalue weighted by molar-refractivity contribution is 5.78. The summed E-state index contributed by atoms with van der Waals surface area (Å²) in [6.45, 7) is 8.08. The lowest BCUT2D eigenvalue weighted by atomic mass is 10.1. The monoisotopic (exact) mass is 300 g/mol. The molecule has 0 radical (unpaired) electrons. The fraction of sp³-hybridized carbons (Fsp3) is 0.941. The number of carbonyl (C=O) groups is 1. The summed E-state index contributed by atoms with van der Waals surface area (Å²) >= 11 is 0. The van der Waals surface area contributed by atoms with Crippen molar-refractivity contribution in [2.75, 3.05) is 39.9 Å². The highest BCUT2D eigenvalue weighted by Gasteiger charge is 2.12. The molecule has 0 atom stereocenters. The molecule has 0 unspecified atom stereocenters. The van der Waals surface area contributed by atoms with Gasteiger partial charge < -0.3 is 15.0 Å². The average Bonchev–Trinajstić information content (AvgIpc) is 2.49. The summed E-state index contributed by atoms with van der Waals surface area (Å²) in [6.07, 6.45) is 9.73. The molecule has 126 valence electrons. The van der Waals surface area contributed by atoms with Crippen molar-refractivity contribution in [1.82, 2.24) is 10.2 Å². The Labute approximate surface area is 131 Å². The van der Waals surface area contributed by atoms with Gasteiger partial charge in [-0.25, -0.2) is 0 Å². The number of nitrogens with one attached hydrogen (secondary N) is 1. The molecule has 0 fully saturated rings. The molecule has 0 aliphatic carbocycles. The van der Waals surface area contributed by atoms with Gasteiger partial charge in [0, 0.05) is 26.7 Å². The van der Waals surface area contributed by atoms with Gasteiger partial charge >= 0.3 is 0 Å². The van der Waals surface area contributed by atoms with Gasteiger partial charge in [0.15, 0.2) is 0 Å². The van der Waals surface area contributed by atoms with Crippen LogP contribution in [0.2, 0.25) is 0 Å². The topological polar surface area (TPSA) is 41.6 Å². The predicted molar refractivity (Wildman–Crippen MR) is 89.6 cm³/mol. The van der Waals surface area contributed by atoms with Crippen molar-refractivity contribution in [1.29, 1.82) is 0 Å². The fourth-order valence-corrected chi connectivity index (χ4v) is 2.30. The Morgan fingerprint density at radius 1 is 0.952 bits per heavy atom. The highest BCUT2D eigenvalue weighted by Crippen LogP contribution is 2.05. The van der Waals surface area contributed by atoms with E-state index in [0.29, 0.717) is 13.2 Å². The Hall–Kier alpha value is -0.610. The van der Waals surface area contributed by atoms with Gasteiger partial charge in [-0.3, -0.25) is 4.79 Å². The molecule has 1 N–H and O–H groups in total. The molecule has 0 aliphatic rings. The largest absolute Gasteiger partial charge is 0.383 e. The zero-order valence-electron chi connectivity index (χ0n) is 14.5. The Kier molecular flexibility index (Phi) is 15.3. The molecule has 1 amide bonds. The molecule has 0 aromatic carbocycles. The summed E-state index contributed by atoms with van der Waals surface area (Å²) in [5, 5.41) is 3.15. The third-order valence-electron chi connectivity index (χ3n) is 3.68. The lowest BCUT2D eigenvalue weighted by Crippen LogP contribution is -2.40. The normalized spacial score (nSPS) is 10.8. The van der Waals surface area contributed by atoms with Crippen LogP contribution < -0.4 is 5.32 Å². The number of ether oxygens (including phenoxy) is 1. The van der Waals surface area contributed by atoms with E-state index in [1.807, 2.05) is 4.90 Å². The molecule has 0 heterocycles. The average molecular weight is 300 g/mol. The van der Waals surface area contributed by atoms with Crippen molar-refractivity contribution in [2.24, 2.45) is 0 Å². The van der Waals surface area contributed by atoms with Crippen molar-refractivity contribution in [2.45, 2.75) is 65.2 Å². The van der Waals surface area contributed by atoms with Gasteiger partial charge in [-0.2, -0.15) is 0 Å². The van der Waals surface area contributed by atoms with Gasteiger partial charge in [-0.05, 0) is 12.8 Å². The van der Waals surface area contributed by atoms with Gasteiger partial charge in [-0.15, -0.1) is 0 Å². The van der Waals surface area contributed by atoms with E-state index in [4.69, 9.17) is 4.74 Å². The fourth-order valence-electron chi connectivity index (χ4n) is 2.30. The standard InChI is InChI=1S/C17H36N2O2/c1-4-6-8-10-13-19(14-11-9-7-5-2)17(20)16-18-12-15-21-3/h18H,4-16H2,1-3H3. The zero-order valence-corrected chi connectivity index (χ0v) is 14.5. The molecule has 0 aromatic rings. The van der Waals surface area contributed by atoms with Crippen LogP contribution in [0.5, 0.6) is 0 Å². The van der Waals surface area contributed by atoms with Crippen LogP contribution in [0.4, 0.5) is 0 Å². The first-order valence-corrected chi connectivity index (χ1v) is 8.73. The summed E-state index contributed by atoms with van der Waals surface area (Å²) < 4.78 is 4.98. The Bertz CT molecular complexity index is 223. The Morgan fingerprint density at radius 3 is 2.00 bits per heavy atom. The van der Waals surface area contributed by atoms with E-state index in [1.54, 1.807) is 7.11 Å². The molecule has 0 spiro atoms. The maximum Gasteiger partial charge on any atom is 0.236 e. The number of rotatable bonds is 15. The van der Waals surface area contributed by atoms with E-state index in [-0.39, 0.29) is 5.91 Å². The van der Waals surface area contributed by atoms with E-state index in [0.717, 1.165) is 32.5 Å². The molecule has 0 aliphatic heterocycles. The second kappa shape index (κ2) is 15.8. The molecule has 0 rings (SSSR count). The summed E-state index contributed by atoms with van der Waals surface area (Å²) in [7, 11) is 1.68. The van der Waals surface area contributed by atoms with E-state index < -0.39 is 0 Å². The molecule has 0 bridgehead atoms. The summed E-state index contributed by atoms with van der Waals surface area (Å²) in [5.74, 6) is 0.235. The van der Waals surface area contributed by atoms with Crippen molar-refractivity contribution in [3.8, 4) is 0 Å². The summed E-state index contributed by atoms with van der Waals surface area (Å²) in [4.78, 5) is 14.3. The van der Waals surface area contributed by atoms with E-state index in [2.05, 4.69) is 19.2 Å². The van der Waals surface area contributed by atoms with Crippen molar-refractivity contribution >= 4 is 5.91 Å². The highest BCUT2D eigenvalue weighted by atomic mass is 16.5. The first kappa shape index (κ1) is 20.4. The van der Waals surface area contributed by atoms with Gasteiger partial charge in [0.1, 0.15) is 0 Å². The first-order chi connectivity index (χ1) is 10.3. The maximum absolute atomic E-state index is 12.3. The van der Waals surface area contributed by atoms with Crippen LogP contribution >= 0.6 is 0 Å². The van der Waals surface area contributed by atoms with E-state index >= 15 is 0 Å². The molecular weight excluding hydrogens is 264 g/mol. The van der Waals surface area contributed by atoms with Crippen LogP contribution in [0.15, 0.2) is 0 Å². The molecular formula is C17H36N2O2. The number of methoxy groups -OCH3 is 1.